The summed E-state index contributed by atoms with van der Waals surface area (Å²) in [4.78, 5) is 26.7. The van der Waals surface area contributed by atoms with Crippen LogP contribution in [0.2, 0.25) is 0 Å². The third kappa shape index (κ3) is 5.03. The molecule has 0 aliphatic carbocycles. The van der Waals surface area contributed by atoms with Crippen LogP contribution in [-0.4, -0.2) is 50.7 Å². The molecule has 4 aromatic rings. The number of hydrogen-bond acceptors (Lipinski definition) is 2. The molecule has 0 saturated carbocycles. The Bertz CT molecular complexity index is 1250. The van der Waals surface area contributed by atoms with Crippen molar-refractivity contribution in [1.82, 2.24) is 5.32 Å². The molecular formula is C28H34N2O2P+. The van der Waals surface area contributed by atoms with E-state index in [9.17, 15) is 9.59 Å². The normalized spacial score (nSPS) is 13.9. The van der Waals surface area contributed by atoms with Crippen molar-refractivity contribution in [2.45, 2.75) is 31.8 Å². The van der Waals surface area contributed by atoms with Crippen molar-refractivity contribution in [1.29, 1.82) is 0 Å². The lowest BCUT2D eigenvalue weighted by Crippen LogP contribution is -3.10. The lowest BCUT2D eigenvalue weighted by atomic mass is 9.91. The molecule has 2 N–H and O–H groups in total. The number of hydrogen-bond donors (Lipinski definition) is 2. The molecule has 0 fully saturated rings. The fourth-order valence-electron chi connectivity index (χ4n) is 4.86. The van der Waals surface area contributed by atoms with Gasteiger partial charge in [0.2, 0.25) is 11.7 Å². The van der Waals surface area contributed by atoms with Gasteiger partial charge in [-0.2, -0.15) is 0 Å². The van der Waals surface area contributed by atoms with Gasteiger partial charge in [-0.3, -0.25) is 9.59 Å². The maximum atomic E-state index is 13.3. The van der Waals surface area contributed by atoms with E-state index < -0.39 is 0 Å². The second-order valence-corrected chi connectivity index (χ2v) is 10.3. The molecule has 0 aliphatic heterocycles. The molecule has 5 heteroatoms. The predicted molar refractivity (Wildman–Crippen MR) is 142 cm³/mol. The lowest BCUT2D eigenvalue weighted by molar-refractivity contribution is -0.870. The van der Waals surface area contributed by atoms with Crippen molar-refractivity contribution in [3.05, 3.63) is 60.2 Å². The largest absolute Gasteiger partial charge is 0.355 e. The summed E-state index contributed by atoms with van der Waals surface area (Å²) >= 11 is 0. The highest BCUT2D eigenvalue weighted by atomic mass is 31.1. The molecule has 4 rings (SSSR count). The van der Waals surface area contributed by atoms with E-state index in [0.717, 1.165) is 36.8 Å². The highest BCUT2D eigenvalue weighted by Gasteiger charge is 2.18. The smallest absolute Gasteiger partial charge is 0.227 e. The van der Waals surface area contributed by atoms with Crippen LogP contribution in [0.3, 0.4) is 0 Å². The molecule has 3 unspecified atom stereocenters. The number of carbonyl (C=O) groups is 2. The minimum absolute atomic E-state index is 0.149. The standard InChI is InChI=1S/C28H33N2O2P/c1-4-7-25(33-3)28(32)29-16-6-17-30(2)18-24(31)22-14-12-21-11-10-19-8-5-9-20-13-15-23(22)27(21)26(19)20/h5,8-15,25,33H,4,6-7,16-18H2,1-3H3,(H,29,32)/p+1. The number of carbonyl (C=O) groups excluding carboxylic acids is 2. The van der Waals surface area contributed by atoms with Crippen LogP contribution in [0.1, 0.15) is 36.5 Å². The van der Waals surface area contributed by atoms with Crippen LogP contribution in [-0.2, 0) is 4.79 Å². The Balaban J connectivity index is 1.41. The quantitative estimate of drug-likeness (QED) is 0.152. The summed E-state index contributed by atoms with van der Waals surface area (Å²) in [6, 6.07) is 19.0. The monoisotopic (exact) mass is 461 g/mol. The lowest BCUT2D eigenvalue weighted by Gasteiger charge is -2.17. The number of quaternary nitrogens is 1. The highest BCUT2D eigenvalue weighted by molar-refractivity contribution is 7.39. The number of Topliss-reactive ketones (excluding diaryl/α,β-unsaturated/α-hetero) is 1. The van der Waals surface area contributed by atoms with Gasteiger partial charge in [-0.25, -0.2) is 0 Å². The van der Waals surface area contributed by atoms with Gasteiger partial charge in [0.25, 0.3) is 0 Å². The Morgan fingerprint density at radius 2 is 1.64 bits per heavy atom. The van der Waals surface area contributed by atoms with Crippen molar-refractivity contribution in [2.75, 3.05) is 33.3 Å². The number of ketones is 1. The SMILES string of the molecule is CCCC(PC)C(=O)NCCC[NH+](C)CC(=O)c1ccc2ccc3cccc4ccc1c2c34. The second-order valence-electron chi connectivity index (χ2n) is 9.05. The summed E-state index contributed by atoms with van der Waals surface area (Å²) in [5.74, 6) is 0.352. The van der Waals surface area contributed by atoms with Crippen molar-refractivity contribution < 1.29 is 14.5 Å². The van der Waals surface area contributed by atoms with Crippen LogP contribution in [0.25, 0.3) is 32.3 Å². The van der Waals surface area contributed by atoms with Crippen LogP contribution in [0.4, 0.5) is 0 Å². The van der Waals surface area contributed by atoms with Crippen LogP contribution >= 0.6 is 8.58 Å². The first kappa shape index (κ1) is 23.6. The van der Waals surface area contributed by atoms with Crippen LogP contribution in [0, 0.1) is 0 Å². The average molecular weight is 462 g/mol. The minimum Gasteiger partial charge on any atom is -0.355 e. The summed E-state index contributed by atoms with van der Waals surface area (Å²) in [5, 5.41) is 10.2. The number of amides is 1. The van der Waals surface area contributed by atoms with E-state index >= 15 is 0 Å². The van der Waals surface area contributed by atoms with Gasteiger partial charge in [0, 0.05) is 18.5 Å². The number of nitrogens with one attached hydrogen (secondary N) is 2. The molecule has 0 heterocycles. The van der Waals surface area contributed by atoms with Gasteiger partial charge in [-0.05, 0) is 51.5 Å². The van der Waals surface area contributed by atoms with Crippen molar-refractivity contribution in [3.8, 4) is 0 Å². The van der Waals surface area contributed by atoms with Gasteiger partial charge in [0.1, 0.15) is 6.54 Å². The van der Waals surface area contributed by atoms with E-state index in [2.05, 4.69) is 74.5 Å². The number of rotatable bonds is 11. The first-order valence-electron chi connectivity index (χ1n) is 12.0. The second kappa shape index (κ2) is 10.6. The van der Waals surface area contributed by atoms with Gasteiger partial charge in [0.15, 0.2) is 0 Å². The molecule has 4 aromatic carbocycles. The van der Waals surface area contributed by atoms with Crippen LogP contribution in [0.5, 0.6) is 0 Å². The molecule has 33 heavy (non-hydrogen) atoms. The van der Waals surface area contributed by atoms with E-state index in [4.69, 9.17) is 0 Å². The molecule has 0 radical (unpaired) electrons. The number of benzene rings is 4. The topological polar surface area (TPSA) is 50.6 Å². The van der Waals surface area contributed by atoms with E-state index in [-0.39, 0.29) is 17.3 Å². The Morgan fingerprint density at radius 3 is 2.33 bits per heavy atom. The Labute approximate surface area is 197 Å². The van der Waals surface area contributed by atoms with E-state index in [0.29, 0.717) is 21.7 Å². The van der Waals surface area contributed by atoms with Crippen molar-refractivity contribution in [2.24, 2.45) is 0 Å². The maximum absolute atomic E-state index is 13.3. The number of likely N-dealkylation sites (N-methyl/N-ethyl adjacent to an activating group) is 1. The molecule has 4 nitrogen and oxygen atoms in total. The third-order valence-corrected chi connectivity index (χ3v) is 7.86. The zero-order valence-electron chi connectivity index (χ0n) is 19.8. The zero-order valence-corrected chi connectivity index (χ0v) is 20.8. The molecule has 0 aliphatic rings. The molecule has 0 bridgehead atoms. The molecule has 3 atom stereocenters. The molecule has 172 valence electrons. The average Bonchev–Trinajstić information content (AvgIpc) is 2.83. The van der Waals surface area contributed by atoms with Crippen LogP contribution in [0.15, 0.2) is 54.6 Å². The predicted octanol–water partition coefficient (Wildman–Crippen LogP) is 4.26. The van der Waals surface area contributed by atoms with Gasteiger partial charge < -0.3 is 10.2 Å². The van der Waals surface area contributed by atoms with Gasteiger partial charge in [-0.1, -0.05) is 61.9 Å². The maximum Gasteiger partial charge on any atom is 0.227 e. The third-order valence-electron chi connectivity index (χ3n) is 6.61. The summed E-state index contributed by atoms with van der Waals surface area (Å²) in [6.07, 6.45) is 2.87. The van der Waals surface area contributed by atoms with E-state index in [1.54, 1.807) is 0 Å². The molecule has 0 spiro atoms. The Kier molecular flexibility index (Phi) is 7.57. The van der Waals surface area contributed by atoms with E-state index in [1.807, 2.05) is 6.07 Å². The first-order chi connectivity index (χ1) is 16.0. The van der Waals surface area contributed by atoms with Gasteiger partial charge >= 0.3 is 0 Å². The van der Waals surface area contributed by atoms with Gasteiger partial charge in [0.05, 0.1) is 19.3 Å². The molecule has 1 amide bonds. The summed E-state index contributed by atoms with van der Waals surface area (Å²) in [7, 11) is 2.70. The summed E-state index contributed by atoms with van der Waals surface area (Å²) < 4.78 is 0. The minimum atomic E-state index is 0.149. The Hall–Kier alpha value is -2.55. The van der Waals surface area contributed by atoms with Gasteiger partial charge in [-0.15, -0.1) is 8.58 Å². The van der Waals surface area contributed by atoms with Crippen molar-refractivity contribution >= 4 is 52.6 Å². The fraction of sp³-hybridized carbons (Fsp3) is 0.357. The first-order valence-corrected chi connectivity index (χ1v) is 13.6. The fourth-order valence-corrected chi connectivity index (χ4v) is 5.80. The summed E-state index contributed by atoms with van der Waals surface area (Å²) in [6.45, 7) is 6.20. The highest BCUT2D eigenvalue weighted by Crippen LogP contribution is 2.35. The molecule has 0 saturated heterocycles. The van der Waals surface area contributed by atoms with Crippen molar-refractivity contribution in [3.63, 3.8) is 0 Å². The Morgan fingerprint density at radius 1 is 0.970 bits per heavy atom. The molecular weight excluding hydrogens is 427 g/mol. The summed E-state index contributed by atoms with van der Waals surface area (Å²) in [5.41, 5.74) is 0.955. The molecule has 0 aromatic heterocycles. The zero-order chi connectivity index (χ0) is 23.4. The van der Waals surface area contributed by atoms with Crippen LogP contribution < -0.4 is 10.2 Å². The van der Waals surface area contributed by atoms with E-state index in [1.165, 1.54) is 31.8 Å².